The first-order chi connectivity index (χ1) is 11.3. The van der Waals surface area contributed by atoms with Gasteiger partial charge in [-0.15, -0.1) is 0 Å². The number of nitrogens with one attached hydrogen (secondary N) is 1. The predicted octanol–water partition coefficient (Wildman–Crippen LogP) is 0.721. The van der Waals surface area contributed by atoms with Crippen molar-refractivity contribution in [2.75, 3.05) is 38.2 Å². The predicted molar refractivity (Wildman–Crippen MR) is 84.1 cm³/mol. The van der Waals surface area contributed by atoms with E-state index >= 15 is 0 Å². The van der Waals surface area contributed by atoms with Crippen molar-refractivity contribution >= 4 is 11.6 Å². The molecule has 1 aromatic rings. The number of rotatable bonds is 5. The van der Waals surface area contributed by atoms with Crippen LogP contribution in [0.15, 0.2) is 12.4 Å². The van der Waals surface area contributed by atoms with E-state index in [0.717, 1.165) is 64.4 Å². The van der Waals surface area contributed by atoms with Crippen LogP contribution < -0.4 is 5.32 Å². The Morgan fingerprint density at radius 1 is 1.35 bits per heavy atom. The molecular formula is C16H24N4O3. The van der Waals surface area contributed by atoms with E-state index in [4.69, 9.17) is 9.47 Å². The molecule has 4 heterocycles. The van der Waals surface area contributed by atoms with Crippen molar-refractivity contribution in [1.29, 1.82) is 0 Å². The summed E-state index contributed by atoms with van der Waals surface area (Å²) in [5.74, 6) is 0.175. The Morgan fingerprint density at radius 2 is 2.26 bits per heavy atom. The third-order valence-electron chi connectivity index (χ3n) is 5.02. The van der Waals surface area contributed by atoms with E-state index in [2.05, 4.69) is 15.3 Å². The molecule has 0 bridgehead atoms. The van der Waals surface area contributed by atoms with Crippen LogP contribution in [0.2, 0.25) is 0 Å². The van der Waals surface area contributed by atoms with Crippen LogP contribution in [-0.4, -0.2) is 65.6 Å². The largest absolute Gasteiger partial charge is 0.380 e. The maximum atomic E-state index is 12.3. The van der Waals surface area contributed by atoms with Gasteiger partial charge in [0, 0.05) is 38.5 Å². The molecule has 2 unspecified atom stereocenters. The third kappa shape index (κ3) is 3.41. The monoisotopic (exact) mass is 320 g/mol. The van der Waals surface area contributed by atoms with E-state index in [1.54, 1.807) is 6.20 Å². The summed E-state index contributed by atoms with van der Waals surface area (Å²) in [5.41, 5.74) is 0.774. The van der Waals surface area contributed by atoms with Crippen molar-refractivity contribution in [3.63, 3.8) is 0 Å². The minimum Gasteiger partial charge on any atom is -0.380 e. The zero-order valence-electron chi connectivity index (χ0n) is 13.3. The summed E-state index contributed by atoms with van der Waals surface area (Å²) in [6.45, 7) is 4.94. The van der Waals surface area contributed by atoms with Gasteiger partial charge in [0.15, 0.2) is 0 Å². The highest BCUT2D eigenvalue weighted by Crippen LogP contribution is 2.24. The lowest BCUT2D eigenvalue weighted by Crippen LogP contribution is -2.56. The van der Waals surface area contributed by atoms with Gasteiger partial charge in [-0.25, -0.2) is 0 Å². The third-order valence-corrected chi connectivity index (χ3v) is 5.02. The molecule has 4 rings (SSSR count). The van der Waals surface area contributed by atoms with E-state index in [-0.39, 0.29) is 17.9 Å². The zero-order valence-corrected chi connectivity index (χ0v) is 13.3. The molecule has 0 aliphatic carbocycles. The summed E-state index contributed by atoms with van der Waals surface area (Å²) >= 11 is 0. The normalized spacial score (nSPS) is 28.9. The van der Waals surface area contributed by atoms with Gasteiger partial charge < -0.3 is 14.8 Å². The molecule has 3 fully saturated rings. The van der Waals surface area contributed by atoms with Gasteiger partial charge in [-0.2, -0.15) is 5.10 Å². The maximum absolute atomic E-state index is 12.3. The number of hydrogen-bond acceptors (Lipinski definition) is 5. The Hall–Kier alpha value is -1.44. The first-order valence-electron chi connectivity index (χ1n) is 8.54. The number of aromatic nitrogens is 2. The van der Waals surface area contributed by atoms with E-state index in [1.807, 2.05) is 10.9 Å². The van der Waals surface area contributed by atoms with Crippen molar-refractivity contribution in [3.8, 4) is 0 Å². The summed E-state index contributed by atoms with van der Waals surface area (Å²) in [7, 11) is 0. The molecule has 3 aliphatic heterocycles. The number of amides is 1. The van der Waals surface area contributed by atoms with Crippen molar-refractivity contribution in [2.24, 2.45) is 5.92 Å². The molecule has 1 aromatic heterocycles. The molecule has 1 N–H and O–H groups in total. The van der Waals surface area contributed by atoms with Crippen LogP contribution in [0.25, 0.3) is 0 Å². The first kappa shape index (κ1) is 15.1. The SMILES string of the molecule is O=C(Nc1cnn(CC2CCCO2)c1)C1CN(C2CCOC2)C1. The standard InChI is InChI=1S/C16H24N4O3/c21-16(12-7-19(8-12)14-3-5-22-11-14)18-13-6-17-20(9-13)10-15-2-1-4-23-15/h6,9,12,14-15H,1-5,7-8,10-11H2,(H,18,21). The van der Waals surface area contributed by atoms with Crippen LogP contribution in [-0.2, 0) is 20.8 Å². The molecule has 7 nitrogen and oxygen atoms in total. The van der Waals surface area contributed by atoms with Crippen LogP contribution in [0, 0.1) is 5.92 Å². The average molecular weight is 320 g/mol. The zero-order chi connectivity index (χ0) is 15.6. The van der Waals surface area contributed by atoms with Gasteiger partial charge >= 0.3 is 0 Å². The highest BCUT2D eigenvalue weighted by Gasteiger charge is 2.38. The molecule has 7 heteroatoms. The summed E-state index contributed by atoms with van der Waals surface area (Å²) in [6, 6.07) is 0.508. The molecule has 0 saturated carbocycles. The fourth-order valence-electron chi connectivity index (χ4n) is 3.56. The second-order valence-electron chi connectivity index (χ2n) is 6.74. The van der Waals surface area contributed by atoms with E-state index in [1.165, 1.54) is 0 Å². The molecule has 0 radical (unpaired) electrons. The molecule has 126 valence electrons. The Labute approximate surface area is 135 Å². The van der Waals surface area contributed by atoms with Crippen molar-refractivity contribution in [2.45, 2.75) is 38.0 Å². The summed E-state index contributed by atoms with van der Waals surface area (Å²) in [5, 5.41) is 7.29. The molecule has 23 heavy (non-hydrogen) atoms. The van der Waals surface area contributed by atoms with Gasteiger partial charge in [0.1, 0.15) is 0 Å². The van der Waals surface area contributed by atoms with Crippen molar-refractivity contribution in [1.82, 2.24) is 14.7 Å². The highest BCUT2D eigenvalue weighted by atomic mass is 16.5. The number of anilines is 1. The Bertz CT molecular complexity index is 543. The van der Waals surface area contributed by atoms with E-state index in [0.29, 0.717) is 6.04 Å². The van der Waals surface area contributed by atoms with Gasteiger partial charge in [0.05, 0.1) is 37.1 Å². The van der Waals surface area contributed by atoms with Gasteiger partial charge in [-0.3, -0.25) is 14.4 Å². The fraction of sp³-hybridized carbons (Fsp3) is 0.750. The Kier molecular flexibility index (Phi) is 4.33. The molecule has 3 saturated heterocycles. The second kappa shape index (κ2) is 6.59. The quantitative estimate of drug-likeness (QED) is 0.866. The van der Waals surface area contributed by atoms with Crippen LogP contribution in [0.5, 0.6) is 0 Å². The van der Waals surface area contributed by atoms with Crippen molar-refractivity contribution < 1.29 is 14.3 Å². The summed E-state index contributed by atoms with van der Waals surface area (Å²) in [4.78, 5) is 14.6. The molecule has 0 spiro atoms. The molecular weight excluding hydrogens is 296 g/mol. The van der Waals surface area contributed by atoms with Gasteiger partial charge in [0.2, 0.25) is 5.91 Å². The molecule has 1 amide bonds. The van der Waals surface area contributed by atoms with E-state index < -0.39 is 0 Å². The van der Waals surface area contributed by atoms with Crippen LogP contribution >= 0.6 is 0 Å². The molecule has 2 atom stereocenters. The minimum absolute atomic E-state index is 0.0807. The van der Waals surface area contributed by atoms with Crippen LogP contribution in [0.1, 0.15) is 19.3 Å². The number of hydrogen-bond donors (Lipinski definition) is 1. The highest BCUT2D eigenvalue weighted by molar-refractivity contribution is 5.93. The smallest absolute Gasteiger partial charge is 0.230 e. The number of carbonyl (C=O) groups is 1. The van der Waals surface area contributed by atoms with Gasteiger partial charge in [0.25, 0.3) is 0 Å². The first-order valence-corrected chi connectivity index (χ1v) is 8.54. The minimum atomic E-state index is 0.0807. The lowest BCUT2D eigenvalue weighted by Gasteiger charge is -2.41. The Morgan fingerprint density at radius 3 is 3.00 bits per heavy atom. The fourth-order valence-corrected chi connectivity index (χ4v) is 3.56. The van der Waals surface area contributed by atoms with Crippen LogP contribution in [0.3, 0.4) is 0 Å². The lowest BCUT2D eigenvalue weighted by molar-refractivity contribution is -0.126. The average Bonchev–Trinajstić information content (AvgIpc) is 3.20. The van der Waals surface area contributed by atoms with Gasteiger partial charge in [-0.05, 0) is 19.3 Å². The Balaban J connectivity index is 1.24. The topological polar surface area (TPSA) is 68.6 Å². The van der Waals surface area contributed by atoms with E-state index in [9.17, 15) is 4.79 Å². The summed E-state index contributed by atoms with van der Waals surface area (Å²) in [6.07, 6.45) is 7.16. The number of carbonyl (C=O) groups excluding carboxylic acids is 1. The molecule has 0 aromatic carbocycles. The number of nitrogens with zero attached hydrogens (tertiary/aromatic N) is 3. The number of likely N-dealkylation sites (tertiary alicyclic amines) is 1. The van der Waals surface area contributed by atoms with Crippen LogP contribution in [0.4, 0.5) is 5.69 Å². The maximum Gasteiger partial charge on any atom is 0.230 e. The second-order valence-corrected chi connectivity index (χ2v) is 6.74. The lowest BCUT2D eigenvalue weighted by atomic mass is 9.96. The number of ether oxygens (including phenoxy) is 2. The summed E-state index contributed by atoms with van der Waals surface area (Å²) < 4.78 is 12.9. The van der Waals surface area contributed by atoms with Crippen molar-refractivity contribution in [3.05, 3.63) is 12.4 Å². The van der Waals surface area contributed by atoms with Gasteiger partial charge in [-0.1, -0.05) is 0 Å². The molecule has 3 aliphatic rings.